The fourth-order valence-corrected chi connectivity index (χ4v) is 6.41. The molecule has 0 aliphatic rings. The van der Waals surface area contributed by atoms with E-state index in [-0.39, 0.29) is 38.6 Å². The summed E-state index contributed by atoms with van der Waals surface area (Å²) in [6.45, 7) is 4.49. The Morgan fingerprint density at radius 1 is 0.456 bits per heavy atom. The first-order valence-corrected chi connectivity index (χ1v) is 26.2. The number of carbonyl (C=O) groups excluding carboxylic acids is 3. The maximum atomic E-state index is 12.8. The van der Waals surface area contributed by atoms with Crippen LogP contribution in [0.4, 0.5) is 0 Å². The van der Waals surface area contributed by atoms with Crippen LogP contribution in [0, 0.1) is 0 Å². The smallest absolute Gasteiger partial charge is 0.306 e. The highest BCUT2D eigenvalue weighted by Crippen LogP contribution is 2.12. The Balaban J connectivity index is 4.28. The third-order valence-corrected chi connectivity index (χ3v) is 10.4. The number of nitrogens with zero attached hydrogens (tertiary/aromatic N) is 1. The second-order valence-electron chi connectivity index (χ2n) is 18.1. The number of likely N-dealkylation sites (N-methyl/N-ethyl adjacent to an activating group) is 1. The van der Waals surface area contributed by atoms with Crippen molar-refractivity contribution in [3.8, 4) is 0 Å². The molecular weight excluding hydrogens is 851 g/mol. The molecule has 384 valence electrons. The summed E-state index contributed by atoms with van der Waals surface area (Å²) in [4.78, 5) is 37.0. The molecule has 0 bridgehead atoms. The topological polar surface area (TPSA) is 111 Å². The standard InChI is InChI=1S/C59H95NO8/c1-6-8-10-12-14-16-18-19-20-21-22-23-24-25-26-27-28-29-30-31-32-33-34-35-36-37-38-39-40-42-44-46-48-50-57(62)68-55(54-67-59(58(63)64)65-52-51-60(3,4)5)53-66-56(61)49-47-45-43-41-17-15-13-11-9-7-2/h8,10-11,13-14,16,19-20,22-23,25-26,28-29,31-32,34-35,37-38,55,59H,6-7,9,12,15,17-18,21,24,27,30,33,36,39-54H2,1-5H3/b10-8-,13-11-,16-14-,20-19-,23-22-,26-25-,29-28-,32-31-,35-34-,38-37-. The molecule has 0 aliphatic carbocycles. The lowest BCUT2D eigenvalue weighted by Crippen LogP contribution is -2.44. The summed E-state index contributed by atoms with van der Waals surface area (Å²) in [5.74, 6) is -2.34. The van der Waals surface area contributed by atoms with Crippen LogP contribution in [0.15, 0.2) is 122 Å². The maximum Gasteiger partial charge on any atom is 0.306 e. The van der Waals surface area contributed by atoms with Gasteiger partial charge in [0.2, 0.25) is 0 Å². The van der Waals surface area contributed by atoms with Crippen molar-refractivity contribution in [3.63, 3.8) is 0 Å². The van der Waals surface area contributed by atoms with Crippen molar-refractivity contribution in [2.24, 2.45) is 0 Å². The van der Waals surface area contributed by atoms with E-state index in [1.54, 1.807) is 0 Å². The van der Waals surface area contributed by atoms with Crippen LogP contribution in [0.25, 0.3) is 0 Å². The van der Waals surface area contributed by atoms with E-state index in [0.29, 0.717) is 17.4 Å². The lowest BCUT2D eigenvalue weighted by molar-refractivity contribution is -0.870. The van der Waals surface area contributed by atoms with Gasteiger partial charge in [-0.1, -0.05) is 180 Å². The average molecular weight is 946 g/mol. The summed E-state index contributed by atoms with van der Waals surface area (Å²) in [6.07, 6.45) is 65.4. The first kappa shape index (κ1) is 63.7. The van der Waals surface area contributed by atoms with Gasteiger partial charge < -0.3 is 33.3 Å². The highest BCUT2D eigenvalue weighted by Gasteiger charge is 2.21. The minimum absolute atomic E-state index is 0.135. The summed E-state index contributed by atoms with van der Waals surface area (Å²) < 4.78 is 22.5. The zero-order valence-electron chi connectivity index (χ0n) is 43.4. The van der Waals surface area contributed by atoms with Crippen molar-refractivity contribution in [1.29, 1.82) is 0 Å². The number of allylic oxidation sites excluding steroid dienone is 20. The van der Waals surface area contributed by atoms with Crippen molar-refractivity contribution in [1.82, 2.24) is 0 Å². The van der Waals surface area contributed by atoms with Crippen LogP contribution >= 0.6 is 0 Å². The molecule has 0 aromatic heterocycles. The molecule has 0 amide bonds. The fraction of sp³-hybridized carbons (Fsp3) is 0.610. The number of carbonyl (C=O) groups is 3. The molecule has 68 heavy (non-hydrogen) atoms. The number of esters is 2. The number of quaternary nitrogens is 1. The lowest BCUT2D eigenvalue weighted by atomic mass is 10.1. The quantitative estimate of drug-likeness (QED) is 0.0195. The predicted molar refractivity (Wildman–Crippen MR) is 283 cm³/mol. The van der Waals surface area contributed by atoms with Crippen LogP contribution in [0.1, 0.15) is 174 Å². The van der Waals surface area contributed by atoms with Crippen molar-refractivity contribution in [3.05, 3.63) is 122 Å². The number of hydrogen-bond donors (Lipinski definition) is 0. The van der Waals surface area contributed by atoms with E-state index in [4.69, 9.17) is 18.9 Å². The molecular formula is C59H95NO8. The van der Waals surface area contributed by atoms with Crippen molar-refractivity contribution >= 4 is 17.9 Å². The molecule has 0 spiro atoms. The Morgan fingerprint density at radius 3 is 1.26 bits per heavy atom. The van der Waals surface area contributed by atoms with Gasteiger partial charge in [0.15, 0.2) is 12.4 Å². The SMILES string of the molecule is CC/C=C\C/C=C\C/C=C\C/C=C\C/C=C\C/C=C\C/C=C\C/C=C\C/C=C\CCCCCCCC(=O)OC(COC(=O)CCCCCCC/C=C\CCC)COC(OCC[N+](C)(C)C)C(=O)[O-]. The molecule has 2 atom stereocenters. The van der Waals surface area contributed by atoms with Gasteiger partial charge in [0, 0.05) is 12.8 Å². The van der Waals surface area contributed by atoms with Gasteiger partial charge in [0.1, 0.15) is 13.2 Å². The van der Waals surface area contributed by atoms with Gasteiger partial charge in [0.25, 0.3) is 0 Å². The van der Waals surface area contributed by atoms with Gasteiger partial charge in [-0.15, -0.1) is 0 Å². The van der Waals surface area contributed by atoms with Crippen molar-refractivity contribution in [2.75, 3.05) is 47.5 Å². The molecule has 9 nitrogen and oxygen atoms in total. The van der Waals surface area contributed by atoms with Crippen molar-refractivity contribution in [2.45, 2.75) is 187 Å². The molecule has 0 saturated carbocycles. The minimum Gasteiger partial charge on any atom is -0.545 e. The van der Waals surface area contributed by atoms with E-state index in [1.165, 1.54) is 6.42 Å². The second kappa shape index (κ2) is 49.1. The Kier molecular flexibility index (Phi) is 46.0. The van der Waals surface area contributed by atoms with Crippen LogP contribution in [-0.2, 0) is 33.3 Å². The average Bonchev–Trinajstić information content (AvgIpc) is 3.30. The van der Waals surface area contributed by atoms with E-state index in [1.807, 2.05) is 21.1 Å². The zero-order chi connectivity index (χ0) is 49.9. The van der Waals surface area contributed by atoms with E-state index in [9.17, 15) is 19.5 Å². The number of hydrogen-bond acceptors (Lipinski definition) is 8. The van der Waals surface area contributed by atoms with E-state index in [2.05, 4.69) is 135 Å². The Morgan fingerprint density at radius 2 is 0.838 bits per heavy atom. The highest BCUT2D eigenvalue weighted by molar-refractivity contribution is 5.70. The maximum absolute atomic E-state index is 12.8. The lowest BCUT2D eigenvalue weighted by Gasteiger charge is -2.26. The number of unbranched alkanes of at least 4 members (excludes halogenated alkanes) is 11. The number of aliphatic carboxylic acids is 1. The van der Waals surface area contributed by atoms with Crippen LogP contribution in [-0.4, -0.2) is 82.3 Å². The normalized spacial score (nSPS) is 13.8. The Bertz CT molecular complexity index is 1520. The number of carboxylic acid groups (broad SMARTS) is 1. The predicted octanol–water partition coefficient (Wildman–Crippen LogP) is 13.6. The minimum atomic E-state index is -1.63. The molecule has 2 unspecified atom stereocenters. The third kappa shape index (κ3) is 49.6. The molecule has 0 saturated heterocycles. The molecule has 0 aromatic rings. The van der Waals surface area contributed by atoms with Gasteiger partial charge in [-0.2, -0.15) is 0 Å². The summed E-state index contributed by atoms with van der Waals surface area (Å²) in [5, 5.41) is 11.7. The molecule has 0 heterocycles. The van der Waals surface area contributed by atoms with Gasteiger partial charge in [-0.25, -0.2) is 0 Å². The van der Waals surface area contributed by atoms with E-state index >= 15 is 0 Å². The number of carboxylic acids is 1. The van der Waals surface area contributed by atoms with Crippen LogP contribution < -0.4 is 5.11 Å². The fourth-order valence-electron chi connectivity index (χ4n) is 6.41. The monoisotopic (exact) mass is 946 g/mol. The summed E-state index contributed by atoms with van der Waals surface area (Å²) >= 11 is 0. The molecule has 0 aliphatic heterocycles. The highest BCUT2D eigenvalue weighted by atomic mass is 16.7. The Hall–Kier alpha value is -4.31. The first-order chi connectivity index (χ1) is 33.1. The van der Waals surface area contributed by atoms with Crippen LogP contribution in [0.3, 0.4) is 0 Å². The number of rotatable bonds is 46. The largest absolute Gasteiger partial charge is 0.545 e. The van der Waals surface area contributed by atoms with Gasteiger partial charge in [-0.05, 0) is 103 Å². The zero-order valence-corrected chi connectivity index (χ0v) is 43.4. The van der Waals surface area contributed by atoms with E-state index < -0.39 is 24.3 Å². The molecule has 9 heteroatoms. The van der Waals surface area contributed by atoms with Crippen LogP contribution in [0.5, 0.6) is 0 Å². The van der Waals surface area contributed by atoms with Gasteiger partial charge in [0.05, 0.1) is 40.3 Å². The molecule has 0 fully saturated rings. The second-order valence-corrected chi connectivity index (χ2v) is 18.1. The van der Waals surface area contributed by atoms with Crippen molar-refractivity contribution < 1.29 is 42.9 Å². The summed E-state index contributed by atoms with van der Waals surface area (Å²) in [7, 11) is 5.89. The molecule has 0 N–H and O–H groups in total. The first-order valence-electron chi connectivity index (χ1n) is 26.2. The van der Waals surface area contributed by atoms with Gasteiger partial charge >= 0.3 is 11.9 Å². The molecule has 0 rings (SSSR count). The molecule has 0 radical (unpaired) electrons. The Labute approximate surface area is 415 Å². The van der Waals surface area contributed by atoms with Gasteiger partial charge in [-0.3, -0.25) is 9.59 Å². The van der Waals surface area contributed by atoms with Crippen LogP contribution in [0.2, 0.25) is 0 Å². The number of ether oxygens (including phenoxy) is 4. The summed E-state index contributed by atoms with van der Waals surface area (Å²) in [6, 6.07) is 0. The summed E-state index contributed by atoms with van der Waals surface area (Å²) in [5.41, 5.74) is 0. The van der Waals surface area contributed by atoms with E-state index in [0.717, 1.165) is 135 Å². The molecule has 0 aromatic carbocycles. The third-order valence-electron chi connectivity index (χ3n) is 10.4.